The summed E-state index contributed by atoms with van der Waals surface area (Å²) >= 11 is 4.25. The van der Waals surface area contributed by atoms with Gasteiger partial charge in [-0.2, -0.15) is 6.07 Å². The van der Waals surface area contributed by atoms with Crippen molar-refractivity contribution in [2.75, 3.05) is 0 Å². The van der Waals surface area contributed by atoms with Crippen molar-refractivity contribution in [3.05, 3.63) is 35.9 Å². The van der Waals surface area contributed by atoms with E-state index in [4.69, 9.17) is 0 Å². The molecule has 0 aliphatic carbocycles. The molecule has 50 valence electrons. The van der Waals surface area contributed by atoms with Crippen LogP contribution in [-0.4, -0.2) is 0 Å². The molecule has 0 fully saturated rings. The van der Waals surface area contributed by atoms with Gasteiger partial charge in [-0.05, 0) is 0 Å². The Kier molecular flexibility index (Phi) is 6.04. The van der Waals surface area contributed by atoms with E-state index in [-0.39, 0.29) is 0 Å². The Morgan fingerprint density at radius 2 is 1.60 bits per heavy atom. The summed E-state index contributed by atoms with van der Waals surface area (Å²) in [6, 6.07) is 5.23. The summed E-state index contributed by atoms with van der Waals surface area (Å²) in [5.41, 5.74) is 0. The van der Waals surface area contributed by atoms with Gasteiger partial charge in [0.15, 0.2) is 0 Å². The molecule has 0 unspecified atom stereocenters. The summed E-state index contributed by atoms with van der Waals surface area (Å²) in [4.78, 5) is 0. The first-order chi connectivity index (χ1) is 4.79. The average Bonchev–Trinajstić information content (AvgIpc) is 1.91. The van der Waals surface area contributed by atoms with Crippen LogP contribution in [0.25, 0.3) is 0 Å². The topological polar surface area (TPSA) is 0 Å². The molecule has 0 saturated heterocycles. The van der Waals surface area contributed by atoms with E-state index in [9.17, 15) is 8.78 Å². The molecule has 1 rings (SSSR count). The van der Waals surface area contributed by atoms with Crippen LogP contribution in [0, 0.1) is 17.7 Å². The van der Waals surface area contributed by atoms with E-state index in [0.717, 1.165) is 18.2 Å². The van der Waals surface area contributed by atoms with Gasteiger partial charge in [0, 0.05) is 11.6 Å². The maximum absolute atomic E-state index is 11.9. The van der Waals surface area contributed by atoms with Crippen molar-refractivity contribution < 1.29 is 25.1 Å². The molecule has 0 N–H and O–H groups in total. The molecular weight excluding hydrogens is 255 g/mol. The third kappa shape index (κ3) is 4.07. The third-order valence-corrected chi connectivity index (χ3v) is 0.718. The zero-order valence-electron chi connectivity index (χ0n) is 5.07. The number of hydrogen-bond acceptors (Lipinski definition) is 0. The van der Waals surface area contributed by atoms with E-state index >= 15 is 0 Å². The van der Waals surface area contributed by atoms with Crippen molar-refractivity contribution in [2.24, 2.45) is 0 Å². The Balaban J connectivity index is 0.000000371. The zero-order valence-corrected chi connectivity index (χ0v) is 9.63. The van der Waals surface area contributed by atoms with E-state index in [1.165, 1.54) is 16.3 Å². The van der Waals surface area contributed by atoms with Gasteiger partial charge in [-0.25, -0.2) is 0 Å². The van der Waals surface area contributed by atoms with Gasteiger partial charge in [-0.3, -0.25) is 8.78 Å². The molecular formula is C6H3BrF2Zn. The minimum absolute atomic E-state index is 0.593. The molecule has 10 heavy (non-hydrogen) atoms. The first-order valence-corrected chi connectivity index (χ1v) is 9.33. The van der Waals surface area contributed by atoms with Crippen LogP contribution >= 0.6 is 13.6 Å². The van der Waals surface area contributed by atoms with Crippen LogP contribution in [0.5, 0.6) is 0 Å². The van der Waals surface area contributed by atoms with Gasteiger partial charge in [0.05, 0.1) is 0 Å². The van der Waals surface area contributed by atoms with Crippen LogP contribution in [-0.2, 0) is 16.3 Å². The van der Waals surface area contributed by atoms with Crippen molar-refractivity contribution >= 4 is 13.6 Å². The van der Waals surface area contributed by atoms with Crippen molar-refractivity contribution in [1.82, 2.24) is 0 Å². The second-order valence-electron chi connectivity index (χ2n) is 1.37. The van der Waals surface area contributed by atoms with Crippen molar-refractivity contribution in [3.63, 3.8) is 0 Å². The third-order valence-electron chi connectivity index (χ3n) is 0.718. The molecule has 0 bridgehead atoms. The van der Waals surface area contributed by atoms with Gasteiger partial charge in [0.25, 0.3) is 0 Å². The van der Waals surface area contributed by atoms with E-state index in [0.29, 0.717) is 0 Å². The molecule has 0 radical (unpaired) electrons. The first-order valence-electron chi connectivity index (χ1n) is 2.38. The maximum atomic E-state index is 11.9. The van der Waals surface area contributed by atoms with Crippen LogP contribution in [0.1, 0.15) is 0 Å². The van der Waals surface area contributed by atoms with Crippen LogP contribution in [0.4, 0.5) is 8.78 Å². The number of halogens is 3. The van der Waals surface area contributed by atoms with Crippen LogP contribution < -0.4 is 0 Å². The Hall–Kier alpha value is 0.183. The van der Waals surface area contributed by atoms with Gasteiger partial charge in [0.1, 0.15) is 0 Å². The van der Waals surface area contributed by atoms with Gasteiger partial charge in [0.2, 0.25) is 0 Å². The van der Waals surface area contributed by atoms with Gasteiger partial charge in [-0.1, -0.05) is 0 Å². The normalized spacial score (nSPS) is 8.10. The van der Waals surface area contributed by atoms with E-state index in [2.05, 4.69) is 19.7 Å². The zero-order chi connectivity index (χ0) is 7.98. The molecule has 0 saturated carbocycles. The minimum atomic E-state index is -0.593. The Labute approximate surface area is 74.7 Å². The summed E-state index contributed by atoms with van der Waals surface area (Å²) in [6.45, 7) is 0. The Morgan fingerprint density at radius 3 is 1.80 bits per heavy atom. The molecule has 0 spiro atoms. The molecule has 4 heteroatoms. The summed E-state index contributed by atoms with van der Waals surface area (Å²) in [7, 11) is 0. The van der Waals surface area contributed by atoms with Crippen molar-refractivity contribution in [2.45, 2.75) is 0 Å². The second-order valence-corrected chi connectivity index (χ2v) is 1.37. The average molecular weight is 258 g/mol. The van der Waals surface area contributed by atoms with Gasteiger partial charge in [-0.15, -0.1) is 18.2 Å². The van der Waals surface area contributed by atoms with Crippen LogP contribution in [0.2, 0.25) is 0 Å². The molecule has 1 aromatic rings. The Morgan fingerprint density at radius 1 is 1.20 bits per heavy atom. The summed E-state index contributed by atoms with van der Waals surface area (Å²) < 4.78 is 23.8. The Bertz CT molecular complexity index is 176. The molecule has 1 aromatic carbocycles. The fourth-order valence-corrected chi connectivity index (χ4v) is 0.416. The van der Waals surface area contributed by atoms with Crippen molar-refractivity contribution in [1.29, 1.82) is 0 Å². The number of benzene rings is 1. The predicted molar refractivity (Wildman–Crippen MR) is 34.1 cm³/mol. The van der Waals surface area contributed by atoms with E-state index in [1.807, 2.05) is 0 Å². The molecule has 0 atom stereocenters. The molecule has 0 nitrogen and oxygen atoms in total. The van der Waals surface area contributed by atoms with E-state index in [1.54, 1.807) is 0 Å². The fourth-order valence-electron chi connectivity index (χ4n) is 0.416. The van der Waals surface area contributed by atoms with E-state index < -0.39 is 11.6 Å². The van der Waals surface area contributed by atoms with Crippen LogP contribution in [0.3, 0.4) is 0 Å². The molecule has 0 aliphatic rings. The molecule has 0 aliphatic heterocycles. The predicted octanol–water partition coefficient (Wildman–Crippen LogP) is 2.61. The second kappa shape index (κ2) is 5.93. The monoisotopic (exact) mass is 256 g/mol. The molecule has 0 heterocycles. The molecule has 0 amide bonds. The first kappa shape index (κ1) is 10.2. The van der Waals surface area contributed by atoms with Gasteiger partial charge < -0.3 is 0 Å². The summed E-state index contributed by atoms with van der Waals surface area (Å²) in [6.07, 6.45) is 0. The van der Waals surface area contributed by atoms with Crippen molar-refractivity contribution in [3.8, 4) is 0 Å². The number of rotatable bonds is 0. The standard InChI is InChI=1S/C6H3F2.BrH.Zn/c7-5-2-1-3-6(8)4-5;;/h2-4H;1H;/q-1;;+2/p-1. The number of hydrogen-bond donors (Lipinski definition) is 0. The SMILES string of the molecule is Fc1c[c-]cc(F)c1.[Zn+][Br]. The molecule has 0 aromatic heterocycles. The van der Waals surface area contributed by atoms with Crippen LogP contribution in [0.15, 0.2) is 18.2 Å². The quantitative estimate of drug-likeness (QED) is 0.496. The summed E-state index contributed by atoms with van der Waals surface area (Å²) in [5.74, 6) is -1.19. The van der Waals surface area contributed by atoms with Gasteiger partial charge >= 0.3 is 30.0 Å². The fraction of sp³-hybridized carbons (Fsp3) is 0. The summed E-state index contributed by atoms with van der Waals surface area (Å²) in [5, 5.41) is 0.